The minimum Gasteiger partial charge on any atom is -0.489 e. The van der Waals surface area contributed by atoms with E-state index in [-0.39, 0.29) is 10.8 Å². The van der Waals surface area contributed by atoms with Crippen LogP contribution in [0.25, 0.3) is 12.2 Å². The maximum atomic E-state index is 11.1. The van der Waals surface area contributed by atoms with Crippen molar-refractivity contribution in [3.8, 4) is 5.75 Å². The summed E-state index contributed by atoms with van der Waals surface area (Å²) in [5.41, 5.74) is 5.30. The van der Waals surface area contributed by atoms with Crippen LogP contribution in [-0.4, -0.2) is 17.7 Å². The number of allylic oxidation sites excluding steroid dienone is 1. The van der Waals surface area contributed by atoms with Crippen molar-refractivity contribution in [3.63, 3.8) is 0 Å². The lowest BCUT2D eigenvalue weighted by atomic mass is 9.63. The van der Waals surface area contributed by atoms with Crippen molar-refractivity contribution < 1.29 is 14.6 Å². The summed E-state index contributed by atoms with van der Waals surface area (Å²) in [6.45, 7) is 11.8. The second-order valence-electron chi connectivity index (χ2n) is 9.34. The lowest BCUT2D eigenvalue weighted by Crippen LogP contribution is -2.34. The highest BCUT2D eigenvalue weighted by atomic mass is 16.5. The lowest BCUT2D eigenvalue weighted by Gasteiger charge is -2.42. The second-order valence-corrected chi connectivity index (χ2v) is 9.34. The molecular weight excluding hydrogens is 372 g/mol. The summed E-state index contributed by atoms with van der Waals surface area (Å²) in [5, 5.41) is 9.09. The number of benzene rings is 2. The van der Waals surface area contributed by atoms with Crippen LogP contribution in [0.2, 0.25) is 0 Å². The number of ether oxygens (including phenoxy) is 1. The molecule has 158 valence electrons. The number of hydrogen-bond acceptors (Lipinski definition) is 2. The Morgan fingerprint density at radius 3 is 2.17 bits per heavy atom. The fourth-order valence-corrected chi connectivity index (χ4v) is 4.02. The van der Waals surface area contributed by atoms with Gasteiger partial charge in [-0.2, -0.15) is 0 Å². The quantitative estimate of drug-likeness (QED) is 0.422. The highest BCUT2D eigenvalue weighted by Gasteiger charge is 2.37. The highest BCUT2D eigenvalue weighted by Crippen LogP contribution is 2.47. The first-order chi connectivity index (χ1) is 14.1. The molecule has 2 aromatic rings. The van der Waals surface area contributed by atoms with E-state index in [1.165, 1.54) is 11.1 Å². The van der Waals surface area contributed by atoms with E-state index in [0.717, 1.165) is 29.7 Å². The summed E-state index contributed by atoms with van der Waals surface area (Å²) in [4.78, 5) is 11.1. The van der Waals surface area contributed by atoms with Crippen molar-refractivity contribution in [2.24, 2.45) is 0 Å². The Balaban J connectivity index is 2.03. The molecule has 0 saturated carbocycles. The number of carbonyl (C=O) groups is 1. The Labute approximate surface area is 180 Å². The zero-order valence-electron chi connectivity index (χ0n) is 18.7. The van der Waals surface area contributed by atoms with Crippen molar-refractivity contribution in [3.05, 3.63) is 76.4 Å². The van der Waals surface area contributed by atoms with Crippen LogP contribution in [-0.2, 0) is 10.8 Å². The van der Waals surface area contributed by atoms with Crippen LogP contribution in [0.4, 0.5) is 0 Å². The first-order valence-corrected chi connectivity index (χ1v) is 10.6. The van der Waals surface area contributed by atoms with Crippen LogP contribution < -0.4 is 4.74 Å². The van der Waals surface area contributed by atoms with Gasteiger partial charge in [0.1, 0.15) is 12.4 Å². The van der Waals surface area contributed by atoms with Gasteiger partial charge in [0.25, 0.3) is 0 Å². The number of carboxylic acids is 1. The molecule has 0 aliphatic heterocycles. The van der Waals surface area contributed by atoms with Crippen LogP contribution in [0.15, 0.2) is 48.6 Å². The van der Waals surface area contributed by atoms with E-state index in [4.69, 9.17) is 9.84 Å². The molecule has 0 unspecified atom stereocenters. The number of fused-ring (bicyclic) bond motifs is 1. The molecule has 0 saturated heterocycles. The molecule has 30 heavy (non-hydrogen) atoms. The van der Waals surface area contributed by atoms with E-state index in [0.29, 0.717) is 12.2 Å². The summed E-state index contributed by atoms with van der Waals surface area (Å²) in [5.74, 6) is -0.0271. The molecule has 0 spiro atoms. The molecule has 0 aromatic heterocycles. The molecule has 1 aliphatic carbocycles. The zero-order valence-corrected chi connectivity index (χ0v) is 18.7. The minimum atomic E-state index is -0.912. The average Bonchev–Trinajstić information content (AvgIpc) is 2.70. The largest absolute Gasteiger partial charge is 0.489 e. The first kappa shape index (κ1) is 21.9. The van der Waals surface area contributed by atoms with Gasteiger partial charge in [-0.3, -0.25) is 0 Å². The Morgan fingerprint density at radius 1 is 1.00 bits per heavy atom. The third-order valence-corrected chi connectivity index (χ3v) is 6.17. The van der Waals surface area contributed by atoms with Crippen molar-refractivity contribution in [2.45, 2.75) is 58.3 Å². The molecule has 0 bridgehead atoms. The Morgan fingerprint density at radius 2 is 1.60 bits per heavy atom. The first-order valence-electron chi connectivity index (χ1n) is 10.6. The van der Waals surface area contributed by atoms with Crippen LogP contribution in [0, 0.1) is 0 Å². The second kappa shape index (κ2) is 8.51. The van der Waals surface area contributed by atoms with E-state index in [9.17, 15) is 4.79 Å². The normalized spacial score (nSPS) is 17.2. The van der Waals surface area contributed by atoms with Crippen molar-refractivity contribution in [1.29, 1.82) is 0 Å². The number of carboxylic acid groups (broad SMARTS) is 1. The van der Waals surface area contributed by atoms with Gasteiger partial charge in [-0.1, -0.05) is 64.1 Å². The van der Waals surface area contributed by atoms with E-state index in [1.807, 2.05) is 37.3 Å². The molecule has 0 atom stereocenters. The molecule has 0 radical (unpaired) electrons. The third-order valence-electron chi connectivity index (χ3n) is 6.17. The van der Waals surface area contributed by atoms with Gasteiger partial charge in [-0.05, 0) is 71.6 Å². The van der Waals surface area contributed by atoms with Gasteiger partial charge in [0, 0.05) is 5.56 Å². The highest BCUT2D eigenvalue weighted by molar-refractivity contribution is 5.88. The van der Waals surface area contributed by atoms with Gasteiger partial charge in [0.05, 0.1) is 5.56 Å². The molecule has 1 aliphatic rings. The molecule has 0 amide bonds. The molecule has 0 heterocycles. The minimum absolute atomic E-state index is 0.123. The molecule has 2 aromatic carbocycles. The van der Waals surface area contributed by atoms with Gasteiger partial charge >= 0.3 is 5.97 Å². The van der Waals surface area contributed by atoms with Crippen LogP contribution >= 0.6 is 0 Å². The predicted octanol–water partition coefficient (Wildman–Crippen LogP) is 6.86. The van der Waals surface area contributed by atoms with E-state index in [2.05, 4.69) is 45.9 Å². The summed E-state index contributed by atoms with van der Waals surface area (Å²) in [6.07, 6.45) is 10.4. The average molecular weight is 405 g/mol. The lowest BCUT2D eigenvalue weighted by molar-refractivity contribution is 0.0697. The number of rotatable bonds is 6. The van der Waals surface area contributed by atoms with Crippen LogP contribution in [0.1, 0.15) is 80.1 Å². The predicted molar refractivity (Wildman–Crippen MR) is 124 cm³/mol. The Kier molecular flexibility index (Phi) is 6.21. The summed E-state index contributed by atoms with van der Waals surface area (Å²) < 4.78 is 6.13. The maximum absolute atomic E-state index is 11.1. The van der Waals surface area contributed by atoms with E-state index >= 15 is 0 Å². The van der Waals surface area contributed by atoms with Gasteiger partial charge in [-0.25, -0.2) is 4.79 Å². The molecule has 1 N–H and O–H groups in total. The number of hydrogen-bond donors (Lipinski definition) is 1. The molecule has 3 rings (SSSR count). The maximum Gasteiger partial charge on any atom is 0.335 e. The molecule has 3 nitrogen and oxygen atoms in total. The fraction of sp³-hybridized carbons (Fsp3) is 0.370. The molecule has 0 fully saturated rings. The van der Waals surface area contributed by atoms with E-state index in [1.54, 1.807) is 12.1 Å². The van der Waals surface area contributed by atoms with Crippen LogP contribution in [0.5, 0.6) is 5.75 Å². The van der Waals surface area contributed by atoms with Gasteiger partial charge < -0.3 is 9.84 Å². The topological polar surface area (TPSA) is 46.5 Å². The smallest absolute Gasteiger partial charge is 0.335 e. The van der Waals surface area contributed by atoms with Crippen molar-refractivity contribution in [1.82, 2.24) is 0 Å². The van der Waals surface area contributed by atoms with Gasteiger partial charge in [-0.15, -0.1) is 0 Å². The standard InChI is InChI=1S/C27H32O3/c1-6-7-16-30-24-18-23-22(26(2,3)14-15-27(23,4)5)17-21(24)13-10-19-8-11-20(12-9-19)25(28)29/h6-13,17-18H,14-16H2,1-5H3,(H,28,29)/b7-6+,13-10+. The van der Waals surface area contributed by atoms with Gasteiger partial charge in [0.15, 0.2) is 0 Å². The SMILES string of the molecule is C/C=C/COc1cc2c(cc1/C=C/c1ccc(C(=O)O)cc1)C(C)(C)CCC2(C)C. The van der Waals surface area contributed by atoms with Crippen molar-refractivity contribution in [2.75, 3.05) is 6.61 Å². The summed E-state index contributed by atoms with van der Waals surface area (Å²) >= 11 is 0. The Bertz CT molecular complexity index is 976. The third kappa shape index (κ3) is 4.67. The fourth-order valence-electron chi connectivity index (χ4n) is 4.02. The van der Waals surface area contributed by atoms with Crippen LogP contribution in [0.3, 0.4) is 0 Å². The summed E-state index contributed by atoms with van der Waals surface area (Å²) in [6, 6.07) is 11.4. The molecule has 3 heteroatoms. The Hall–Kier alpha value is -2.81. The summed E-state index contributed by atoms with van der Waals surface area (Å²) in [7, 11) is 0. The monoisotopic (exact) mass is 404 g/mol. The number of aromatic carboxylic acids is 1. The van der Waals surface area contributed by atoms with Gasteiger partial charge in [0.2, 0.25) is 0 Å². The zero-order chi connectivity index (χ0) is 21.9. The van der Waals surface area contributed by atoms with E-state index < -0.39 is 5.97 Å². The molecular formula is C27H32O3. The van der Waals surface area contributed by atoms with Crippen molar-refractivity contribution >= 4 is 18.1 Å².